The molecule has 0 amide bonds. The average Bonchev–Trinajstić information content (AvgIpc) is 2.29. The molecule has 106 valence electrons. The minimum atomic E-state index is 0.654. The van der Waals surface area contributed by atoms with Crippen molar-refractivity contribution in [3.05, 3.63) is 10.4 Å². The van der Waals surface area contributed by atoms with Crippen molar-refractivity contribution < 1.29 is 0 Å². The largest absolute Gasteiger partial charge is 0.0940 e. The Kier molecular flexibility index (Phi) is 11.0. The van der Waals surface area contributed by atoms with Crippen molar-refractivity contribution in [2.75, 3.05) is 6.54 Å². The van der Waals surface area contributed by atoms with Crippen LogP contribution in [0.1, 0.15) is 72.6 Å². The van der Waals surface area contributed by atoms with E-state index in [0.29, 0.717) is 12.5 Å². The highest BCUT2D eigenvalue weighted by Crippen LogP contribution is 2.20. The molecule has 0 aromatic rings. The third-order valence-electron chi connectivity index (χ3n) is 3.66. The van der Waals surface area contributed by atoms with Gasteiger partial charge in [-0.15, -0.1) is 0 Å². The molecule has 0 bridgehead atoms. The molecule has 0 rings (SSSR count). The molecule has 18 heavy (non-hydrogen) atoms. The van der Waals surface area contributed by atoms with Crippen LogP contribution in [-0.2, 0) is 0 Å². The summed E-state index contributed by atoms with van der Waals surface area (Å²) in [6.07, 6.45) is 9.11. The van der Waals surface area contributed by atoms with Gasteiger partial charge in [-0.3, -0.25) is 0 Å². The smallest absolute Gasteiger partial charge is 0.0260 e. The van der Waals surface area contributed by atoms with Crippen molar-refractivity contribution in [2.45, 2.75) is 72.6 Å². The van der Waals surface area contributed by atoms with Crippen molar-refractivity contribution >= 4 is 0 Å². The van der Waals surface area contributed by atoms with E-state index in [2.05, 4.69) is 37.7 Å². The van der Waals surface area contributed by atoms with Crippen molar-refractivity contribution in [2.24, 2.45) is 22.9 Å². The zero-order valence-corrected chi connectivity index (χ0v) is 12.7. The Morgan fingerprint density at radius 2 is 1.33 bits per heavy atom. The Morgan fingerprint density at radius 3 is 1.83 bits per heavy atom. The van der Waals surface area contributed by atoms with Gasteiger partial charge < -0.3 is 0 Å². The summed E-state index contributed by atoms with van der Waals surface area (Å²) >= 11 is 0. The van der Waals surface area contributed by atoms with Crippen LogP contribution in [0.25, 0.3) is 10.4 Å². The lowest BCUT2D eigenvalue weighted by atomic mass is 9.93. The fraction of sp³-hybridized carbons (Fsp3) is 1.00. The monoisotopic (exact) mass is 253 g/mol. The molecule has 0 fully saturated rings. The SMILES string of the molecule is CC(C)CCCC(C)CCCC(C)CCN=[N+]=[N-]. The van der Waals surface area contributed by atoms with Crippen LogP contribution in [0.4, 0.5) is 0 Å². The highest BCUT2D eigenvalue weighted by atomic mass is 15.1. The van der Waals surface area contributed by atoms with Gasteiger partial charge in [0.1, 0.15) is 0 Å². The minimum absolute atomic E-state index is 0.654. The molecule has 0 aliphatic carbocycles. The molecule has 0 spiro atoms. The Hall–Kier alpha value is -0.690. The van der Waals surface area contributed by atoms with Crippen molar-refractivity contribution in [1.29, 1.82) is 0 Å². The molecule has 0 aliphatic heterocycles. The number of rotatable bonds is 11. The third-order valence-corrected chi connectivity index (χ3v) is 3.66. The van der Waals surface area contributed by atoms with Gasteiger partial charge in [0.25, 0.3) is 0 Å². The average molecular weight is 253 g/mol. The summed E-state index contributed by atoms with van der Waals surface area (Å²) in [7, 11) is 0. The molecule has 2 unspecified atom stereocenters. The highest BCUT2D eigenvalue weighted by molar-refractivity contribution is 4.60. The van der Waals surface area contributed by atoms with Crippen LogP contribution in [0.15, 0.2) is 5.11 Å². The first-order chi connectivity index (χ1) is 8.56. The molecule has 0 heterocycles. The second-order valence-corrected chi connectivity index (χ2v) is 6.21. The molecule has 3 heteroatoms. The summed E-state index contributed by atoms with van der Waals surface area (Å²) in [5, 5.41) is 3.59. The summed E-state index contributed by atoms with van der Waals surface area (Å²) in [5.74, 6) is 2.41. The van der Waals surface area contributed by atoms with Gasteiger partial charge in [-0.1, -0.05) is 71.3 Å². The van der Waals surface area contributed by atoms with E-state index in [-0.39, 0.29) is 0 Å². The van der Waals surface area contributed by atoms with Crippen LogP contribution in [0, 0.1) is 17.8 Å². The Morgan fingerprint density at radius 1 is 0.833 bits per heavy atom. The predicted molar refractivity (Wildman–Crippen MR) is 79.5 cm³/mol. The second kappa shape index (κ2) is 11.4. The van der Waals surface area contributed by atoms with Crippen LogP contribution >= 0.6 is 0 Å². The minimum Gasteiger partial charge on any atom is -0.0940 e. The van der Waals surface area contributed by atoms with Crippen LogP contribution in [0.3, 0.4) is 0 Å². The van der Waals surface area contributed by atoms with Crippen molar-refractivity contribution in [3.63, 3.8) is 0 Å². The van der Waals surface area contributed by atoms with E-state index < -0.39 is 0 Å². The first-order valence-corrected chi connectivity index (χ1v) is 7.57. The molecular weight excluding hydrogens is 222 g/mol. The van der Waals surface area contributed by atoms with E-state index in [4.69, 9.17) is 5.53 Å². The maximum absolute atomic E-state index is 8.21. The second-order valence-electron chi connectivity index (χ2n) is 6.21. The molecule has 0 aliphatic rings. The quantitative estimate of drug-likeness (QED) is 0.248. The first kappa shape index (κ1) is 17.3. The number of hydrogen-bond acceptors (Lipinski definition) is 1. The third kappa shape index (κ3) is 11.8. The molecule has 0 saturated heterocycles. The van der Waals surface area contributed by atoms with Gasteiger partial charge in [0.05, 0.1) is 0 Å². The van der Waals surface area contributed by atoms with Gasteiger partial charge in [0.15, 0.2) is 0 Å². The first-order valence-electron chi connectivity index (χ1n) is 7.57. The molecule has 3 nitrogen and oxygen atoms in total. The van der Waals surface area contributed by atoms with E-state index in [9.17, 15) is 0 Å². The predicted octanol–water partition coefficient (Wildman–Crippen LogP) is 5.96. The molecular formula is C15H31N3. The van der Waals surface area contributed by atoms with Gasteiger partial charge in [-0.2, -0.15) is 0 Å². The van der Waals surface area contributed by atoms with Crippen LogP contribution in [0.2, 0.25) is 0 Å². The molecule has 0 saturated carbocycles. The van der Waals surface area contributed by atoms with Gasteiger partial charge in [0.2, 0.25) is 0 Å². The molecule has 0 N–H and O–H groups in total. The van der Waals surface area contributed by atoms with E-state index in [1.54, 1.807) is 0 Å². The fourth-order valence-corrected chi connectivity index (χ4v) is 2.30. The van der Waals surface area contributed by atoms with Crippen molar-refractivity contribution in [3.8, 4) is 0 Å². The summed E-state index contributed by atoms with van der Waals surface area (Å²) in [4.78, 5) is 2.79. The van der Waals surface area contributed by atoms with Gasteiger partial charge in [-0.05, 0) is 29.7 Å². The topological polar surface area (TPSA) is 48.8 Å². The van der Waals surface area contributed by atoms with E-state index >= 15 is 0 Å². The Labute approximate surface area is 113 Å². The molecule has 0 radical (unpaired) electrons. The van der Waals surface area contributed by atoms with Crippen LogP contribution in [0.5, 0.6) is 0 Å². The highest BCUT2D eigenvalue weighted by Gasteiger charge is 2.05. The number of azide groups is 1. The lowest BCUT2D eigenvalue weighted by molar-refractivity contribution is 0.394. The Balaban J connectivity index is 3.43. The van der Waals surface area contributed by atoms with Crippen molar-refractivity contribution in [1.82, 2.24) is 0 Å². The summed E-state index contributed by atoms with van der Waals surface area (Å²) in [6, 6.07) is 0. The summed E-state index contributed by atoms with van der Waals surface area (Å²) in [5.41, 5.74) is 8.21. The van der Waals surface area contributed by atoms with Crippen LogP contribution < -0.4 is 0 Å². The standard InChI is InChI=1S/C15H31N3/c1-13(2)7-5-8-14(3)9-6-10-15(4)11-12-17-18-16/h13-15H,5-12H2,1-4H3. The summed E-state index contributed by atoms with van der Waals surface area (Å²) < 4.78 is 0. The summed E-state index contributed by atoms with van der Waals surface area (Å²) in [6.45, 7) is 9.90. The van der Waals surface area contributed by atoms with E-state index in [0.717, 1.165) is 18.3 Å². The fourth-order valence-electron chi connectivity index (χ4n) is 2.30. The maximum atomic E-state index is 8.21. The lowest BCUT2D eigenvalue weighted by Crippen LogP contribution is -2.00. The lowest BCUT2D eigenvalue weighted by Gasteiger charge is -2.14. The molecule has 2 atom stereocenters. The van der Waals surface area contributed by atoms with Gasteiger partial charge in [-0.25, -0.2) is 0 Å². The van der Waals surface area contributed by atoms with E-state index in [1.165, 1.54) is 38.5 Å². The zero-order chi connectivity index (χ0) is 13.8. The van der Waals surface area contributed by atoms with Crippen LogP contribution in [-0.4, -0.2) is 6.54 Å². The number of nitrogens with zero attached hydrogens (tertiary/aromatic N) is 3. The van der Waals surface area contributed by atoms with E-state index in [1.807, 2.05) is 0 Å². The maximum Gasteiger partial charge on any atom is 0.0260 e. The van der Waals surface area contributed by atoms with Gasteiger partial charge in [0, 0.05) is 11.5 Å². The molecule has 0 aromatic carbocycles. The number of hydrogen-bond donors (Lipinski definition) is 0. The normalized spacial score (nSPS) is 14.3. The van der Waals surface area contributed by atoms with Gasteiger partial charge >= 0.3 is 0 Å². The zero-order valence-electron chi connectivity index (χ0n) is 12.7. The molecule has 0 aromatic heterocycles. The Bertz CT molecular complexity index is 232.